The first-order valence-electron chi connectivity index (χ1n) is 5.69. The SMILES string of the molecule is CC(C)C[C@@H](NC(=O)c1ccc(Cl)cc1)C(=O)O. The average Bonchev–Trinajstić information content (AvgIpc) is 2.28. The highest BCUT2D eigenvalue weighted by Gasteiger charge is 2.21. The molecule has 18 heavy (non-hydrogen) atoms. The van der Waals surface area contributed by atoms with Crippen LogP contribution in [0.15, 0.2) is 24.3 Å². The van der Waals surface area contributed by atoms with Gasteiger partial charge >= 0.3 is 5.97 Å². The van der Waals surface area contributed by atoms with Gasteiger partial charge in [0.2, 0.25) is 0 Å². The molecule has 0 radical (unpaired) electrons. The number of rotatable bonds is 5. The zero-order valence-electron chi connectivity index (χ0n) is 10.3. The number of carbonyl (C=O) groups is 2. The van der Waals surface area contributed by atoms with Crippen molar-refractivity contribution in [3.8, 4) is 0 Å². The molecule has 0 spiro atoms. The quantitative estimate of drug-likeness (QED) is 0.863. The van der Waals surface area contributed by atoms with Gasteiger partial charge in [0, 0.05) is 10.6 Å². The van der Waals surface area contributed by atoms with Gasteiger partial charge in [-0.15, -0.1) is 0 Å². The molecule has 1 aromatic rings. The third-order valence-corrected chi connectivity index (χ3v) is 2.67. The molecule has 0 bridgehead atoms. The smallest absolute Gasteiger partial charge is 0.326 e. The number of carboxylic acid groups (broad SMARTS) is 1. The summed E-state index contributed by atoms with van der Waals surface area (Å²) in [4.78, 5) is 22.9. The predicted molar refractivity (Wildman–Crippen MR) is 69.8 cm³/mol. The number of nitrogens with one attached hydrogen (secondary N) is 1. The minimum Gasteiger partial charge on any atom is -0.480 e. The Kier molecular flexibility index (Phi) is 5.16. The van der Waals surface area contributed by atoms with Gasteiger partial charge < -0.3 is 10.4 Å². The lowest BCUT2D eigenvalue weighted by Crippen LogP contribution is -2.41. The van der Waals surface area contributed by atoms with E-state index in [9.17, 15) is 9.59 Å². The van der Waals surface area contributed by atoms with Gasteiger partial charge in [0.15, 0.2) is 0 Å². The van der Waals surface area contributed by atoms with E-state index >= 15 is 0 Å². The van der Waals surface area contributed by atoms with Gasteiger partial charge in [0.25, 0.3) is 5.91 Å². The Hall–Kier alpha value is -1.55. The summed E-state index contributed by atoms with van der Waals surface area (Å²) in [6, 6.07) is 5.44. The first-order chi connectivity index (χ1) is 8.40. The molecule has 1 amide bonds. The number of carbonyl (C=O) groups excluding carboxylic acids is 1. The molecule has 1 aromatic carbocycles. The molecule has 0 saturated heterocycles. The summed E-state index contributed by atoms with van der Waals surface area (Å²) in [5.74, 6) is -1.23. The van der Waals surface area contributed by atoms with E-state index in [1.807, 2.05) is 13.8 Å². The third kappa shape index (κ3) is 4.37. The molecule has 0 aromatic heterocycles. The summed E-state index contributed by atoms with van der Waals surface area (Å²) >= 11 is 5.72. The van der Waals surface area contributed by atoms with Crippen LogP contribution in [0.2, 0.25) is 5.02 Å². The van der Waals surface area contributed by atoms with Crippen molar-refractivity contribution in [2.24, 2.45) is 5.92 Å². The number of amides is 1. The lowest BCUT2D eigenvalue weighted by atomic mass is 10.0. The molecule has 0 saturated carbocycles. The van der Waals surface area contributed by atoms with Crippen molar-refractivity contribution in [2.75, 3.05) is 0 Å². The number of carboxylic acids is 1. The Morgan fingerprint density at radius 2 is 1.83 bits per heavy atom. The van der Waals surface area contributed by atoms with Gasteiger partial charge in [-0.2, -0.15) is 0 Å². The van der Waals surface area contributed by atoms with E-state index < -0.39 is 17.9 Å². The van der Waals surface area contributed by atoms with Gasteiger partial charge in [0.05, 0.1) is 0 Å². The average molecular weight is 270 g/mol. The highest BCUT2D eigenvalue weighted by Crippen LogP contribution is 2.11. The predicted octanol–water partition coefficient (Wildman–Crippen LogP) is 2.57. The highest BCUT2D eigenvalue weighted by atomic mass is 35.5. The molecule has 1 rings (SSSR count). The van der Waals surface area contributed by atoms with Gasteiger partial charge in [-0.1, -0.05) is 25.4 Å². The Balaban J connectivity index is 2.72. The first-order valence-corrected chi connectivity index (χ1v) is 6.07. The molecular weight excluding hydrogens is 254 g/mol. The van der Waals surface area contributed by atoms with E-state index in [0.29, 0.717) is 17.0 Å². The maximum atomic E-state index is 11.8. The Morgan fingerprint density at radius 1 is 1.28 bits per heavy atom. The van der Waals surface area contributed by atoms with Crippen LogP contribution in [0.4, 0.5) is 0 Å². The molecule has 2 N–H and O–H groups in total. The summed E-state index contributed by atoms with van der Waals surface area (Å²) in [5.41, 5.74) is 0.398. The van der Waals surface area contributed by atoms with Crippen LogP contribution in [0.5, 0.6) is 0 Å². The lowest BCUT2D eigenvalue weighted by Gasteiger charge is -2.16. The van der Waals surface area contributed by atoms with Crippen LogP contribution in [-0.2, 0) is 4.79 Å². The maximum absolute atomic E-state index is 11.8. The molecule has 0 aliphatic carbocycles. The largest absolute Gasteiger partial charge is 0.480 e. The van der Waals surface area contributed by atoms with Crippen LogP contribution in [0.3, 0.4) is 0 Å². The summed E-state index contributed by atoms with van der Waals surface area (Å²) in [5, 5.41) is 12.1. The van der Waals surface area contributed by atoms with Crippen molar-refractivity contribution in [2.45, 2.75) is 26.3 Å². The minimum atomic E-state index is -1.02. The van der Waals surface area contributed by atoms with Crippen molar-refractivity contribution in [1.29, 1.82) is 0 Å². The fraction of sp³-hybridized carbons (Fsp3) is 0.385. The van der Waals surface area contributed by atoms with E-state index in [1.165, 1.54) is 0 Å². The van der Waals surface area contributed by atoms with E-state index in [2.05, 4.69) is 5.32 Å². The van der Waals surface area contributed by atoms with Crippen molar-refractivity contribution >= 4 is 23.5 Å². The topological polar surface area (TPSA) is 66.4 Å². The third-order valence-electron chi connectivity index (χ3n) is 2.42. The van der Waals surface area contributed by atoms with Crippen LogP contribution in [0.25, 0.3) is 0 Å². The Bertz CT molecular complexity index is 428. The minimum absolute atomic E-state index is 0.191. The summed E-state index contributed by atoms with van der Waals surface area (Å²) in [6.45, 7) is 3.81. The standard InChI is InChI=1S/C13H16ClNO3/c1-8(2)7-11(13(17)18)15-12(16)9-3-5-10(14)6-4-9/h3-6,8,11H,7H2,1-2H3,(H,15,16)(H,17,18)/t11-/m1/s1. The summed E-state index contributed by atoms with van der Waals surface area (Å²) in [7, 11) is 0. The second-order valence-electron chi connectivity index (χ2n) is 4.50. The molecule has 5 heteroatoms. The summed E-state index contributed by atoms with van der Waals surface area (Å²) in [6.07, 6.45) is 0.397. The van der Waals surface area contributed by atoms with Crippen molar-refractivity contribution < 1.29 is 14.7 Å². The van der Waals surface area contributed by atoms with Gasteiger partial charge in [-0.3, -0.25) is 4.79 Å². The normalized spacial score (nSPS) is 12.2. The van der Waals surface area contributed by atoms with E-state index in [-0.39, 0.29) is 5.92 Å². The molecule has 0 fully saturated rings. The number of aliphatic carboxylic acids is 1. The van der Waals surface area contributed by atoms with Gasteiger partial charge in [-0.25, -0.2) is 4.79 Å². The van der Waals surface area contributed by atoms with Crippen molar-refractivity contribution in [3.63, 3.8) is 0 Å². The van der Waals surface area contributed by atoms with E-state index in [4.69, 9.17) is 16.7 Å². The molecule has 0 aliphatic heterocycles. The van der Waals surface area contributed by atoms with Crippen LogP contribution >= 0.6 is 11.6 Å². The molecular formula is C13H16ClNO3. The zero-order chi connectivity index (χ0) is 13.7. The lowest BCUT2D eigenvalue weighted by molar-refractivity contribution is -0.139. The van der Waals surface area contributed by atoms with Crippen molar-refractivity contribution in [1.82, 2.24) is 5.32 Å². The molecule has 0 unspecified atom stereocenters. The molecule has 98 valence electrons. The molecule has 1 atom stereocenters. The molecule has 0 aliphatic rings. The monoisotopic (exact) mass is 269 g/mol. The maximum Gasteiger partial charge on any atom is 0.326 e. The number of hydrogen-bond donors (Lipinski definition) is 2. The first kappa shape index (κ1) is 14.5. The second-order valence-corrected chi connectivity index (χ2v) is 4.94. The Morgan fingerprint density at radius 3 is 2.28 bits per heavy atom. The highest BCUT2D eigenvalue weighted by molar-refractivity contribution is 6.30. The number of benzene rings is 1. The van der Waals surface area contributed by atoms with Gasteiger partial charge in [-0.05, 0) is 36.6 Å². The fourth-order valence-corrected chi connectivity index (χ4v) is 1.66. The second kappa shape index (κ2) is 6.40. The van der Waals surface area contributed by atoms with Gasteiger partial charge in [0.1, 0.15) is 6.04 Å². The molecule has 0 heterocycles. The number of hydrogen-bond acceptors (Lipinski definition) is 2. The van der Waals surface area contributed by atoms with Crippen LogP contribution in [0, 0.1) is 5.92 Å². The summed E-state index contributed by atoms with van der Waals surface area (Å²) < 4.78 is 0. The van der Waals surface area contributed by atoms with E-state index in [0.717, 1.165) is 0 Å². The van der Waals surface area contributed by atoms with Crippen LogP contribution in [0.1, 0.15) is 30.6 Å². The zero-order valence-corrected chi connectivity index (χ0v) is 11.1. The number of halogens is 1. The fourth-order valence-electron chi connectivity index (χ4n) is 1.54. The van der Waals surface area contributed by atoms with Crippen LogP contribution in [-0.4, -0.2) is 23.0 Å². The Labute approximate surface area is 111 Å². The van der Waals surface area contributed by atoms with Crippen LogP contribution < -0.4 is 5.32 Å². The van der Waals surface area contributed by atoms with E-state index in [1.54, 1.807) is 24.3 Å². The molecule has 4 nitrogen and oxygen atoms in total. The van der Waals surface area contributed by atoms with Crippen molar-refractivity contribution in [3.05, 3.63) is 34.9 Å².